The highest BCUT2D eigenvalue weighted by molar-refractivity contribution is 8.00. The molecule has 0 aliphatic rings. The van der Waals surface area contributed by atoms with E-state index in [1.54, 1.807) is 25.3 Å². The first kappa shape index (κ1) is 12.7. The lowest BCUT2D eigenvalue weighted by Gasteiger charge is -2.12. The number of hydrogen-bond acceptors (Lipinski definition) is 4. The van der Waals surface area contributed by atoms with Crippen LogP contribution in [-0.4, -0.2) is 23.4 Å². The summed E-state index contributed by atoms with van der Waals surface area (Å²) in [5.74, 6) is -0.198. The quantitative estimate of drug-likeness (QED) is 0.611. The maximum Gasteiger partial charge on any atom is 0.316 e. The predicted molar refractivity (Wildman–Crippen MR) is 65.0 cm³/mol. The van der Waals surface area contributed by atoms with E-state index >= 15 is 0 Å². The van der Waals surface area contributed by atoms with Gasteiger partial charge in [0.15, 0.2) is 0 Å². The Balaban J connectivity index is 2.91. The number of carbonyl (C=O) groups is 1. The van der Waals surface area contributed by atoms with Gasteiger partial charge in [-0.05, 0) is 18.6 Å². The summed E-state index contributed by atoms with van der Waals surface area (Å²) in [4.78, 5) is 11.7. The van der Waals surface area contributed by atoms with E-state index in [2.05, 4.69) is 0 Å². The summed E-state index contributed by atoms with van der Waals surface area (Å²) < 4.78 is 5.16. The van der Waals surface area contributed by atoms with Crippen molar-refractivity contribution in [2.45, 2.75) is 23.5 Å². The zero-order valence-electron chi connectivity index (χ0n) is 9.27. The van der Waals surface area contributed by atoms with E-state index in [1.165, 1.54) is 11.8 Å². The maximum atomic E-state index is 10.9. The number of methoxy groups -OCH3 is 1. The molecule has 0 aromatic heterocycles. The number of thioether (sulfide) groups is 1. The molecule has 0 amide bonds. The molecule has 1 atom stereocenters. The molecule has 0 heterocycles. The summed E-state index contributed by atoms with van der Waals surface area (Å²) in [6.45, 7) is 1.84. The number of carboxylic acids is 1. The Morgan fingerprint density at radius 1 is 1.62 bits per heavy atom. The van der Waals surface area contributed by atoms with Crippen molar-refractivity contribution in [3.8, 4) is 5.75 Å². The van der Waals surface area contributed by atoms with E-state index in [9.17, 15) is 4.79 Å². The van der Waals surface area contributed by atoms with Gasteiger partial charge in [-0.2, -0.15) is 0 Å². The zero-order chi connectivity index (χ0) is 12.1. The van der Waals surface area contributed by atoms with E-state index in [1.807, 2.05) is 6.92 Å². The van der Waals surface area contributed by atoms with Gasteiger partial charge in [0.1, 0.15) is 11.0 Å². The Morgan fingerprint density at radius 3 is 2.81 bits per heavy atom. The van der Waals surface area contributed by atoms with Crippen LogP contribution in [0.5, 0.6) is 5.75 Å². The molecule has 88 valence electrons. The highest BCUT2D eigenvalue weighted by Crippen LogP contribution is 2.34. The molecule has 0 radical (unpaired) electrons. The lowest BCUT2D eigenvalue weighted by atomic mass is 10.3. The monoisotopic (exact) mass is 241 g/mol. The molecule has 1 aromatic carbocycles. The van der Waals surface area contributed by atoms with Gasteiger partial charge < -0.3 is 15.6 Å². The van der Waals surface area contributed by atoms with Crippen LogP contribution in [0.2, 0.25) is 0 Å². The van der Waals surface area contributed by atoms with Crippen molar-refractivity contribution >= 4 is 23.4 Å². The maximum absolute atomic E-state index is 10.9. The molecule has 1 rings (SSSR count). The van der Waals surface area contributed by atoms with Crippen molar-refractivity contribution in [1.82, 2.24) is 0 Å². The molecule has 0 spiro atoms. The minimum Gasteiger partial charge on any atom is -0.496 e. The number of carboxylic acid groups (broad SMARTS) is 1. The van der Waals surface area contributed by atoms with Gasteiger partial charge in [-0.1, -0.05) is 6.92 Å². The molecule has 0 fully saturated rings. The molecular weight excluding hydrogens is 226 g/mol. The molecule has 16 heavy (non-hydrogen) atoms. The number of ether oxygens (including phenoxy) is 1. The van der Waals surface area contributed by atoms with Gasteiger partial charge in [-0.3, -0.25) is 4.79 Å². The summed E-state index contributed by atoms with van der Waals surface area (Å²) in [5, 5.41) is 8.51. The fourth-order valence-corrected chi connectivity index (χ4v) is 2.22. The van der Waals surface area contributed by atoms with E-state index in [0.29, 0.717) is 17.9 Å². The summed E-state index contributed by atoms with van der Waals surface area (Å²) in [5.41, 5.74) is 6.22. The Morgan fingerprint density at radius 2 is 2.31 bits per heavy atom. The van der Waals surface area contributed by atoms with Crippen molar-refractivity contribution in [3.05, 3.63) is 18.2 Å². The summed E-state index contributed by atoms with van der Waals surface area (Å²) in [6, 6.07) is 5.21. The average molecular weight is 241 g/mol. The minimum atomic E-state index is -0.814. The van der Waals surface area contributed by atoms with E-state index in [0.717, 1.165) is 4.90 Å². The third kappa shape index (κ3) is 3.06. The first-order valence-electron chi connectivity index (χ1n) is 4.91. The van der Waals surface area contributed by atoms with Crippen LogP contribution in [-0.2, 0) is 4.79 Å². The molecular formula is C11H15NO3S. The second-order valence-electron chi connectivity index (χ2n) is 3.26. The molecule has 4 nitrogen and oxygen atoms in total. The second-order valence-corrected chi connectivity index (χ2v) is 4.51. The van der Waals surface area contributed by atoms with Gasteiger partial charge in [0, 0.05) is 11.8 Å². The number of rotatable bonds is 5. The first-order valence-corrected chi connectivity index (χ1v) is 5.79. The van der Waals surface area contributed by atoms with Crippen LogP contribution in [0.1, 0.15) is 13.3 Å². The number of anilines is 1. The van der Waals surface area contributed by atoms with Crippen molar-refractivity contribution < 1.29 is 14.6 Å². The van der Waals surface area contributed by atoms with Crippen LogP contribution >= 0.6 is 11.8 Å². The molecule has 1 unspecified atom stereocenters. The fourth-order valence-electron chi connectivity index (χ4n) is 1.24. The van der Waals surface area contributed by atoms with Gasteiger partial charge in [0.25, 0.3) is 0 Å². The molecule has 3 N–H and O–H groups in total. The SMILES string of the molecule is CCC(Sc1ccc(N)cc1OC)C(=O)O. The van der Waals surface area contributed by atoms with Gasteiger partial charge in [0.2, 0.25) is 0 Å². The van der Waals surface area contributed by atoms with Gasteiger partial charge >= 0.3 is 5.97 Å². The summed E-state index contributed by atoms with van der Waals surface area (Å²) in [6.07, 6.45) is 0.563. The topological polar surface area (TPSA) is 72.5 Å². The average Bonchev–Trinajstić information content (AvgIpc) is 2.26. The smallest absolute Gasteiger partial charge is 0.316 e. The number of aliphatic carboxylic acids is 1. The Kier molecular flexibility index (Phi) is 4.49. The lowest BCUT2D eigenvalue weighted by molar-refractivity contribution is -0.136. The zero-order valence-corrected chi connectivity index (χ0v) is 10.1. The van der Waals surface area contributed by atoms with Gasteiger partial charge in [-0.25, -0.2) is 0 Å². The van der Waals surface area contributed by atoms with Crippen LogP contribution in [0.25, 0.3) is 0 Å². The Labute approximate surface area is 98.8 Å². The highest BCUT2D eigenvalue weighted by Gasteiger charge is 2.18. The summed E-state index contributed by atoms with van der Waals surface area (Å²) >= 11 is 1.28. The van der Waals surface area contributed by atoms with Crippen molar-refractivity contribution in [2.24, 2.45) is 0 Å². The van der Waals surface area contributed by atoms with Gasteiger partial charge in [0.05, 0.1) is 12.0 Å². The van der Waals surface area contributed by atoms with Crippen LogP contribution in [0.3, 0.4) is 0 Å². The van der Waals surface area contributed by atoms with E-state index < -0.39 is 11.2 Å². The van der Waals surface area contributed by atoms with Gasteiger partial charge in [-0.15, -0.1) is 11.8 Å². The molecule has 5 heteroatoms. The molecule has 0 aliphatic heterocycles. The van der Waals surface area contributed by atoms with Crippen molar-refractivity contribution in [2.75, 3.05) is 12.8 Å². The number of nitrogen functional groups attached to an aromatic ring is 1. The standard InChI is InChI=1S/C11H15NO3S/c1-3-9(11(13)14)16-10-5-4-7(12)6-8(10)15-2/h4-6,9H,3,12H2,1-2H3,(H,13,14). The molecule has 1 aromatic rings. The Hall–Kier alpha value is -1.36. The highest BCUT2D eigenvalue weighted by atomic mass is 32.2. The fraction of sp³-hybridized carbons (Fsp3) is 0.364. The normalized spacial score (nSPS) is 12.1. The third-order valence-electron chi connectivity index (χ3n) is 2.10. The minimum absolute atomic E-state index is 0.461. The van der Waals surface area contributed by atoms with Crippen LogP contribution in [0.4, 0.5) is 5.69 Å². The second kappa shape index (κ2) is 5.65. The van der Waals surface area contributed by atoms with Crippen LogP contribution in [0, 0.1) is 0 Å². The lowest BCUT2D eigenvalue weighted by Crippen LogP contribution is -2.14. The first-order chi connectivity index (χ1) is 7.58. The molecule has 0 saturated carbocycles. The molecule has 0 bridgehead atoms. The summed E-state index contributed by atoms with van der Waals surface area (Å²) in [7, 11) is 1.54. The molecule has 0 saturated heterocycles. The van der Waals surface area contributed by atoms with E-state index in [4.69, 9.17) is 15.6 Å². The number of hydrogen-bond donors (Lipinski definition) is 2. The van der Waals surface area contributed by atoms with E-state index in [-0.39, 0.29) is 0 Å². The number of nitrogens with two attached hydrogens (primary N) is 1. The predicted octanol–water partition coefficient (Wildman–Crippen LogP) is 2.23. The Bertz CT molecular complexity index is 381. The third-order valence-corrected chi connectivity index (χ3v) is 3.51. The largest absolute Gasteiger partial charge is 0.496 e. The van der Waals surface area contributed by atoms with Crippen LogP contribution in [0.15, 0.2) is 23.1 Å². The number of benzene rings is 1. The van der Waals surface area contributed by atoms with Crippen LogP contribution < -0.4 is 10.5 Å². The van der Waals surface area contributed by atoms with Crippen molar-refractivity contribution in [1.29, 1.82) is 0 Å². The molecule has 0 aliphatic carbocycles. The van der Waals surface area contributed by atoms with Crippen molar-refractivity contribution in [3.63, 3.8) is 0 Å².